The maximum absolute atomic E-state index is 12.2. The molecule has 0 saturated carbocycles. The Morgan fingerprint density at radius 3 is 2.00 bits per heavy atom. The minimum Gasteiger partial charge on any atom is -0.497 e. The van der Waals surface area contributed by atoms with Crippen molar-refractivity contribution in [1.29, 1.82) is 0 Å². The molecule has 0 saturated heterocycles. The van der Waals surface area contributed by atoms with Gasteiger partial charge in [0.05, 0.1) is 32.5 Å². The van der Waals surface area contributed by atoms with Gasteiger partial charge in [0, 0.05) is 11.5 Å². The van der Waals surface area contributed by atoms with E-state index in [-0.39, 0.29) is 0 Å². The van der Waals surface area contributed by atoms with Crippen LogP contribution < -0.4 is 14.2 Å². The summed E-state index contributed by atoms with van der Waals surface area (Å²) in [5, 5.41) is 12.8. The summed E-state index contributed by atoms with van der Waals surface area (Å²) in [6.45, 7) is 0. The van der Waals surface area contributed by atoms with Gasteiger partial charge in [-0.2, -0.15) is 0 Å². The van der Waals surface area contributed by atoms with Crippen LogP contribution in [0, 0.1) is 0 Å². The summed E-state index contributed by atoms with van der Waals surface area (Å²) in [6, 6.07) is 20.3. The fraction of sp³-hybridized carbons (Fsp3) is 0.167. The Hall–Kier alpha value is -3.64. The highest BCUT2D eigenvalue weighted by Crippen LogP contribution is 2.41. The molecule has 1 atom stereocenters. The number of nitrogens with zero attached hydrogens (tertiary/aromatic N) is 2. The van der Waals surface area contributed by atoms with Gasteiger partial charge < -0.3 is 19.3 Å². The number of fused-ring (bicyclic) bond motifs is 1. The van der Waals surface area contributed by atoms with Gasteiger partial charge in [0.2, 0.25) is 0 Å². The van der Waals surface area contributed by atoms with Crippen molar-refractivity contribution in [3.8, 4) is 17.2 Å². The SMILES string of the molecule is COc1ccc(C(O)(c2ccccc2)c2ncnc3cc(OC)c(OC)cc23)cc1. The molecule has 6 nitrogen and oxygen atoms in total. The number of methoxy groups -OCH3 is 3. The largest absolute Gasteiger partial charge is 0.497 e. The molecule has 0 aliphatic carbocycles. The Labute approximate surface area is 174 Å². The van der Waals surface area contributed by atoms with Gasteiger partial charge in [-0.05, 0) is 29.3 Å². The van der Waals surface area contributed by atoms with E-state index in [1.54, 1.807) is 33.5 Å². The molecule has 1 aromatic heterocycles. The lowest BCUT2D eigenvalue weighted by atomic mass is 9.82. The zero-order valence-corrected chi connectivity index (χ0v) is 17.0. The van der Waals surface area contributed by atoms with Crippen LogP contribution in [0.2, 0.25) is 0 Å². The van der Waals surface area contributed by atoms with Crippen molar-refractivity contribution in [2.75, 3.05) is 21.3 Å². The van der Waals surface area contributed by atoms with Crippen molar-refractivity contribution in [3.05, 3.63) is 89.9 Å². The van der Waals surface area contributed by atoms with E-state index in [0.717, 1.165) is 0 Å². The molecular formula is C24H22N2O4. The Kier molecular flexibility index (Phi) is 5.25. The second-order valence-electron chi connectivity index (χ2n) is 6.75. The minimum atomic E-state index is -1.52. The molecule has 0 fully saturated rings. The molecule has 4 rings (SSSR count). The highest BCUT2D eigenvalue weighted by molar-refractivity contribution is 5.86. The average molecular weight is 402 g/mol. The van der Waals surface area contributed by atoms with Crippen molar-refractivity contribution >= 4 is 10.9 Å². The number of aromatic nitrogens is 2. The molecule has 152 valence electrons. The van der Waals surface area contributed by atoms with E-state index >= 15 is 0 Å². The van der Waals surface area contributed by atoms with Crippen molar-refractivity contribution in [2.24, 2.45) is 0 Å². The van der Waals surface area contributed by atoms with Gasteiger partial charge in [-0.1, -0.05) is 42.5 Å². The Balaban J connectivity index is 2.03. The van der Waals surface area contributed by atoms with E-state index in [2.05, 4.69) is 9.97 Å². The average Bonchev–Trinajstić information content (AvgIpc) is 2.82. The van der Waals surface area contributed by atoms with Crippen LogP contribution >= 0.6 is 0 Å². The summed E-state index contributed by atoms with van der Waals surface area (Å²) in [4.78, 5) is 8.89. The summed E-state index contributed by atoms with van der Waals surface area (Å²) in [7, 11) is 4.75. The molecule has 0 bridgehead atoms. The quantitative estimate of drug-likeness (QED) is 0.527. The molecule has 30 heavy (non-hydrogen) atoms. The molecular weight excluding hydrogens is 380 g/mol. The van der Waals surface area contributed by atoms with Gasteiger partial charge in [0.1, 0.15) is 12.1 Å². The molecule has 1 N–H and O–H groups in total. The Morgan fingerprint density at radius 1 is 0.733 bits per heavy atom. The molecule has 0 amide bonds. The summed E-state index contributed by atoms with van der Waals surface area (Å²) in [6.07, 6.45) is 1.45. The molecule has 0 aliphatic heterocycles. The minimum absolute atomic E-state index is 0.449. The van der Waals surface area contributed by atoms with E-state index in [1.165, 1.54) is 6.33 Å². The molecule has 1 unspecified atom stereocenters. The van der Waals surface area contributed by atoms with Gasteiger partial charge in [-0.15, -0.1) is 0 Å². The lowest BCUT2D eigenvalue weighted by Crippen LogP contribution is -2.30. The van der Waals surface area contributed by atoms with Gasteiger partial charge >= 0.3 is 0 Å². The molecule has 0 radical (unpaired) electrons. The number of ether oxygens (including phenoxy) is 3. The number of rotatable bonds is 6. The van der Waals surface area contributed by atoms with Crippen molar-refractivity contribution < 1.29 is 19.3 Å². The van der Waals surface area contributed by atoms with E-state index in [1.807, 2.05) is 54.6 Å². The van der Waals surface area contributed by atoms with Crippen LogP contribution in [0.15, 0.2) is 73.1 Å². The fourth-order valence-electron chi connectivity index (χ4n) is 3.62. The molecule has 0 spiro atoms. The molecule has 0 aliphatic rings. The predicted octanol–water partition coefficient (Wildman–Crippen LogP) is 3.94. The van der Waals surface area contributed by atoms with E-state index in [9.17, 15) is 5.11 Å². The highest BCUT2D eigenvalue weighted by atomic mass is 16.5. The van der Waals surface area contributed by atoms with Gasteiger partial charge in [0.15, 0.2) is 17.1 Å². The zero-order chi connectivity index (χ0) is 21.1. The summed E-state index contributed by atoms with van der Waals surface area (Å²) < 4.78 is 16.2. The fourth-order valence-corrected chi connectivity index (χ4v) is 3.62. The van der Waals surface area contributed by atoms with Crippen LogP contribution in [0.1, 0.15) is 16.8 Å². The van der Waals surface area contributed by atoms with E-state index < -0.39 is 5.60 Å². The third-order valence-electron chi connectivity index (χ3n) is 5.18. The molecule has 1 heterocycles. The van der Waals surface area contributed by atoms with Crippen LogP contribution in [0.4, 0.5) is 0 Å². The van der Waals surface area contributed by atoms with Gasteiger partial charge in [-0.25, -0.2) is 9.97 Å². The lowest BCUT2D eigenvalue weighted by Gasteiger charge is -2.30. The molecule has 6 heteroatoms. The smallest absolute Gasteiger partial charge is 0.162 e. The monoisotopic (exact) mass is 402 g/mol. The number of hydrogen-bond acceptors (Lipinski definition) is 6. The lowest BCUT2D eigenvalue weighted by molar-refractivity contribution is 0.122. The van der Waals surface area contributed by atoms with Gasteiger partial charge in [-0.3, -0.25) is 0 Å². The maximum atomic E-state index is 12.2. The Morgan fingerprint density at radius 2 is 1.37 bits per heavy atom. The molecule has 3 aromatic carbocycles. The normalized spacial score (nSPS) is 12.9. The second kappa shape index (κ2) is 8.00. The highest BCUT2D eigenvalue weighted by Gasteiger charge is 2.37. The third-order valence-corrected chi connectivity index (χ3v) is 5.18. The second-order valence-corrected chi connectivity index (χ2v) is 6.75. The third kappa shape index (κ3) is 3.21. The number of benzene rings is 3. The molecule has 4 aromatic rings. The van der Waals surface area contributed by atoms with E-state index in [0.29, 0.717) is 45.0 Å². The first kappa shape index (κ1) is 19.7. The van der Waals surface area contributed by atoms with E-state index in [4.69, 9.17) is 14.2 Å². The first-order valence-corrected chi connectivity index (χ1v) is 9.41. The Bertz CT molecular complexity index is 1160. The van der Waals surface area contributed by atoms with Crippen LogP contribution in [0.3, 0.4) is 0 Å². The van der Waals surface area contributed by atoms with Crippen molar-refractivity contribution in [2.45, 2.75) is 5.60 Å². The summed E-state index contributed by atoms with van der Waals surface area (Å²) in [5.74, 6) is 1.79. The topological polar surface area (TPSA) is 73.7 Å². The van der Waals surface area contributed by atoms with Crippen LogP contribution in [0.5, 0.6) is 17.2 Å². The van der Waals surface area contributed by atoms with Crippen molar-refractivity contribution in [3.63, 3.8) is 0 Å². The number of hydrogen-bond donors (Lipinski definition) is 1. The first-order valence-electron chi connectivity index (χ1n) is 9.41. The first-order chi connectivity index (χ1) is 14.6. The van der Waals surface area contributed by atoms with Crippen LogP contribution in [-0.2, 0) is 5.60 Å². The zero-order valence-electron chi connectivity index (χ0n) is 17.0. The summed E-state index contributed by atoms with van der Waals surface area (Å²) >= 11 is 0. The summed E-state index contributed by atoms with van der Waals surface area (Å²) in [5.41, 5.74) is 0.911. The maximum Gasteiger partial charge on any atom is 0.162 e. The van der Waals surface area contributed by atoms with Crippen molar-refractivity contribution in [1.82, 2.24) is 9.97 Å². The standard InChI is InChI=1S/C24H22N2O4/c1-28-18-11-9-17(10-12-18)24(27,16-7-5-4-6-8-16)23-19-13-21(29-2)22(30-3)14-20(19)25-15-26-23/h4-15,27H,1-3H3. The van der Waals surface area contributed by atoms with Gasteiger partial charge in [0.25, 0.3) is 0 Å². The van der Waals surface area contributed by atoms with Crippen LogP contribution in [0.25, 0.3) is 10.9 Å². The number of aliphatic hydroxyl groups is 1. The van der Waals surface area contributed by atoms with Crippen LogP contribution in [-0.4, -0.2) is 36.4 Å². The predicted molar refractivity (Wildman–Crippen MR) is 114 cm³/mol.